The number of carbonyl (C=O) groups excluding carboxylic acids is 1. The number of fused-ring (bicyclic) bond motifs is 1. The fourth-order valence-electron chi connectivity index (χ4n) is 5.22. The number of aliphatic hydroxyl groups is 1. The number of rotatable bonds is 7. The van der Waals surface area contributed by atoms with Crippen molar-refractivity contribution in [3.05, 3.63) is 35.9 Å². The van der Waals surface area contributed by atoms with Gasteiger partial charge in [0.25, 0.3) is 0 Å². The molecule has 6 heteroatoms. The molecule has 0 spiro atoms. The van der Waals surface area contributed by atoms with Crippen LogP contribution in [0.15, 0.2) is 30.3 Å². The summed E-state index contributed by atoms with van der Waals surface area (Å²) in [6, 6.07) is 11.5. The van der Waals surface area contributed by atoms with Crippen LogP contribution in [0.25, 0.3) is 0 Å². The molecule has 3 saturated heterocycles. The molecule has 28 heavy (non-hydrogen) atoms. The molecule has 1 aromatic carbocycles. The lowest BCUT2D eigenvalue weighted by Gasteiger charge is -2.36. The molecular formula is C22H33N3O3. The van der Waals surface area contributed by atoms with Crippen molar-refractivity contribution in [2.45, 2.75) is 31.3 Å². The number of hydrogen-bond acceptors (Lipinski definition) is 5. The Labute approximate surface area is 168 Å². The quantitative estimate of drug-likeness (QED) is 0.716. The van der Waals surface area contributed by atoms with E-state index in [1.165, 1.54) is 12.0 Å². The van der Waals surface area contributed by atoms with E-state index in [0.29, 0.717) is 31.2 Å². The summed E-state index contributed by atoms with van der Waals surface area (Å²) in [6.45, 7) is 6.58. The Kier molecular flexibility index (Phi) is 6.62. The molecule has 3 aliphatic heterocycles. The lowest BCUT2D eigenvalue weighted by atomic mass is 9.93. The molecule has 0 aliphatic carbocycles. The maximum Gasteiger partial charge on any atom is 0.227 e. The molecular weight excluding hydrogens is 354 g/mol. The Morgan fingerprint density at radius 2 is 1.86 bits per heavy atom. The van der Waals surface area contributed by atoms with Gasteiger partial charge in [-0.1, -0.05) is 30.3 Å². The van der Waals surface area contributed by atoms with Crippen molar-refractivity contribution in [1.29, 1.82) is 0 Å². The first-order valence-corrected chi connectivity index (χ1v) is 10.8. The van der Waals surface area contributed by atoms with Crippen LogP contribution in [0.2, 0.25) is 0 Å². The molecule has 3 fully saturated rings. The minimum Gasteiger partial charge on any atom is -0.394 e. The van der Waals surface area contributed by atoms with Crippen LogP contribution >= 0.6 is 0 Å². The van der Waals surface area contributed by atoms with E-state index in [2.05, 4.69) is 45.0 Å². The van der Waals surface area contributed by atoms with Gasteiger partial charge in [0.15, 0.2) is 0 Å². The second kappa shape index (κ2) is 9.35. The molecule has 1 amide bonds. The molecule has 0 unspecified atom stereocenters. The van der Waals surface area contributed by atoms with E-state index in [-0.39, 0.29) is 12.5 Å². The Morgan fingerprint density at radius 3 is 2.61 bits per heavy atom. The van der Waals surface area contributed by atoms with Crippen LogP contribution in [0.5, 0.6) is 0 Å². The van der Waals surface area contributed by atoms with Crippen LogP contribution in [0.1, 0.15) is 30.9 Å². The maximum atomic E-state index is 13.4. The minimum atomic E-state index is 0.0752. The highest BCUT2D eigenvalue weighted by Crippen LogP contribution is 2.45. The average Bonchev–Trinajstić information content (AvgIpc) is 3.35. The summed E-state index contributed by atoms with van der Waals surface area (Å²) < 4.78 is 5.36. The molecule has 4 rings (SSSR count). The van der Waals surface area contributed by atoms with Gasteiger partial charge in [0.1, 0.15) is 0 Å². The van der Waals surface area contributed by atoms with Crippen LogP contribution in [-0.2, 0) is 9.53 Å². The Bertz CT molecular complexity index is 633. The van der Waals surface area contributed by atoms with E-state index in [1.807, 2.05) is 0 Å². The van der Waals surface area contributed by atoms with Gasteiger partial charge in [-0.25, -0.2) is 0 Å². The number of nitrogens with zero attached hydrogens (tertiary/aromatic N) is 3. The molecule has 6 nitrogen and oxygen atoms in total. The third kappa shape index (κ3) is 4.25. The van der Waals surface area contributed by atoms with Gasteiger partial charge in [0.05, 0.1) is 25.7 Å². The highest BCUT2D eigenvalue weighted by molar-refractivity contribution is 5.80. The van der Waals surface area contributed by atoms with Gasteiger partial charge < -0.3 is 14.7 Å². The second-order valence-electron chi connectivity index (χ2n) is 8.22. The highest BCUT2D eigenvalue weighted by Gasteiger charge is 2.48. The molecule has 3 heterocycles. The number of carbonyl (C=O) groups is 1. The zero-order valence-electron chi connectivity index (χ0n) is 16.7. The third-order valence-electron chi connectivity index (χ3n) is 6.66. The minimum absolute atomic E-state index is 0.0752. The zero-order valence-corrected chi connectivity index (χ0v) is 16.7. The van der Waals surface area contributed by atoms with Crippen molar-refractivity contribution in [2.24, 2.45) is 5.92 Å². The van der Waals surface area contributed by atoms with E-state index in [9.17, 15) is 4.79 Å². The van der Waals surface area contributed by atoms with E-state index in [1.54, 1.807) is 0 Å². The van der Waals surface area contributed by atoms with Gasteiger partial charge in [0, 0.05) is 44.8 Å². The van der Waals surface area contributed by atoms with Crippen molar-refractivity contribution in [2.75, 3.05) is 59.1 Å². The molecule has 1 aromatic rings. The summed E-state index contributed by atoms with van der Waals surface area (Å²) in [5.74, 6) is 0.513. The molecule has 1 N–H and O–H groups in total. The number of piperazine rings is 1. The zero-order chi connectivity index (χ0) is 19.3. The predicted molar refractivity (Wildman–Crippen MR) is 108 cm³/mol. The van der Waals surface area contributed by atoms with E-state index < -0.39 is 0 Å². The van der Waals surface area contributed by atoms with Gasteiger partial charge >= 0.3 is 0 Å². The number of benzene rings is 1. The topological polar surface area (TPSA) is 56.3 Å². The largest absolute Gasteiger partial charge is 0.394 e. The third-order valence-corrected chi connectivity index (χ3v) is 6.66. The summed E-state index contributed by atoms with van der Waals surface area (Å²) >= 11 is 0. The van der Waals surface area contributed by atoms with E-state index in [0.717, 1.165) is 52.1 Å². The summed E-state index contributed by atoms with van der Waals surface area (Å²) in [5, 5.41) is 8.77. The Morgan fingerprint density at radius 1 is 1.07 bits per heavy atom. The van der Waals surface area contributed by atoms with E-state index in [4.69, 9.17) is 9.84 Å². The van der Waals surface area contributed by atoms with Gasteiger partial charge in [0.2, 0.25) is 5.91 Å². The number of ether oxygens (including phenoxy) is 1. The molecule has 3 atom stereocenters. The van der Waals surface area contributed by atoms with Crippen molar-refractivity contribution >= 4 is 5.91 Å². The molecule has 0 radical (unpaired) electrons. The monoisotopic (exact) mass is 387 g/mol. The maximum absolute atomic E-state index is 13.4. The summed E-state index contributed by atoms with van der Waals surface area (Å²) in [5.41, 5.74) is 1.36. The van der Waals surface area contributed by atoms with E-state index >= 15 is 0 Å². The molecule has 0 saturated carbocycles. The van der Waals surface area contributed by atoms with Crippen LogP contribution in [0.4, 0.5) is 0 Å². The van der Waals surface area contributed by atoms with Crippen LogP contribution < -0.4 is 0 Å². The summed E-state index contributed by atoms with van der Waals surface area (Å²) in [6.07, 6.45) is 3.32. The molecule has 0 bridgehead atoms. The standard InChI is InChI=1S/C22H33N3O3/c26-14-16-28-15-13-23-9-11-24(12-10-23)22(27)19-17-21(18-5-2-1-3-6-18)25-8-4-7-20(19)25/h1-3,5-6,19-21,26H,4,7-17H2/t19-,20+,21-/m1/s1. The van der Waals surface area contributed by atoms with Gasteiger partial charge in [-0.3, -0.25) is 14.6 Å². The first-order chi connectivity index (χ1) is 13.8. The fourth-order valence-corrected chi connectivity index (χ4v) is 5.22. The van der Waals surface area contributed by atoms with Gasteiger partial charge in [-0.05, 0) is 31.4 Å². The lowest BCUT2D eigenvalue weighted by Crippen LogP contribution is -2.52. The summed E-state index contributed by atoms with van der Waals surface area (Å²) in [7, 11) is 0. The second-order valence-corrected chi connectivity index (χ2v) is 8.22. The van der Waals surface area contributed by atoms with Crippen LogP contribution in [-0.4, -0.2) is 90.8 Å². The highest BCUT2D eigenvalue weighted by atomic mass is 16.5. The Hall–Kier alpha value is -1.47. The fraction of sp³-hybridized carbons (Fsp3) is 0.682. The first-order valence-electron chi connectivity index (χ1n) is 10.8. The SMILES string of the molecule is O=C([C@@H]1C[C@H](c2ccccc2)N2CCC[C@@H]12)N1CCN(CCOCCO)CC1. The number of hydrogen-bond donors (Lipinski definition) is 1. The number of aliphatic hydroxyl groups excluding tert-OH is 1. The van der Waals surface area contributed by atoms with Crippen molar-refractivity contribution < 1.29 is 14.6 Å². The van der Waals surface area contributed by atoms with Crippen molar-refractivity contribution in [1.82, 2.24) is 14.7 Å². The Balaban J connectivity index is 1.32. The van der Waals surface area contributed by atoms with Gasteiger partial charge in [-0.15, -0.1) is 0 Å². The van der Waals surface area contributed by atoms with Crippen LogP contribution in [0, 0.1) is 5.92 Å². The molecule has 154 valence electrons. The average molecular weight is 388 g/mol. The van der Waals surface area contributed by atoms with Crippen molar-refractivity contribution in [3.8, 4) is 0 Å². The van der Waals surface area contributed by atoms with Gasteiger partial charge in [-0.2, -0.15) is 0 Å². The normalized spacial score (nSPS) is 28.6. The van der Waals surface area contributed by atoms with Crippen molar-refractivity contribution in [3.63, 3.8) is 0 Å². The molecule has 0 aromatic heterocycles. The summed E-state index contributed by atoms with van der Waals surface area (Å²) in [4.78, 5) is 20.4. The molecule has 3 aliphatic rings. The number of amides is 1. The predicted octanol–water partition coefficient (Wildman–Crippen LogP) is 1.37. The first kappa shape index (κ1) is 19.8. The smallest absolute Gasteiger partial charge is 0.227 e. The lowest BCUT2D eigenvalue weighted by molar-refractivity contribution is -0.138. The van der Waals surface area contributed by atoms with Crippen LogP contribution in [0.3, 0.4) is 0 Å².